The van der Waals surface area contributed by atoms with E-state index in [0.717, 1.165) is 12.0 Å². The van der Waals surface area contributed by atoms with Gasteiger partial charge in [0.25, 0.3) is 0 Å². The zero-order valence-electron chi connectivity index (χ0n) is 21.4. The van der Waals surface area contributed by atoms with Crippen LogP contribution in [0.3, 0.4) is 0 Å². The van der Waals surface area contributed by atoms with E-state index in [0.29, 0.717) is 31.7 Å². The van der Waals surface area contributed by atoms with E-state index in [1.165, 1.54) is 7.11 Å². The van der Waals surface area contributed by atoms with Crippen LogP contribution in [0, 0.1) is 11.8 Å². The molecule has 0 radical (unpaired) electrons. The first-order valence-corrected chi connectivity index (χ1v) is 12.1. The molecule has 1 N–H and O–H groups in total. The van der Waals surface area contributed by atoms with E-state index in [1.54, 1.807) is 4.90 Å². The lowest BCUT2D eigenvalue weighted by Gasteiger charge is -2.27. The Morgan fingerprint density at radius 3 is 2.41 bits per heavy atom. The van der Waals surface area contributed by atoms with Crippen molar-refractivity contribution in [3.05, 3.63) is 48.0 Å². The van der Waals surface area contributed by atoms with Crippen LogP contribution in [0.4, 0.5) is 4.79 Å². The van der Waals surface area contributed by atoms with E-state index in [4.69, 9.17) is 9.47 Å². The molecule has 34 heavy (non-hydrogen) atoms. The SMILES string of the molecule is COC(=O)[C@H]1CCCN1C(=O)[C@H](/C=C/[C@H](CC(C)C)NC(=O)OC(C)(C)C)Cc1ccccc1. The third kappa shape index (κ3) is 8.84. The summed E-state index contributed by atoms with van der Waals surface area (Å²) in [5, 5.41) is 2.92. The number of amides is 2. The first kappa shape index (κ1) is 27.4. The van der Waals surface area contributed by atoms with Crippen LogP contribution in [0.1, 0.15) is 59.4 Å². The van der Waals surface area contributed by atoms with Crippen molar-refractivity contribution < 1.29 is 23.9 Å². The molecule has 0 spiro atoms. The number of alkyl carbamates (subject to hydrolysis) is 1. The van der Waals surface area contributed by atoms with Crippen molar-refractivity contribution in [3.63, 3.8) is 0 Å². The number of hydrogen-bond donors (Lipinski definition) is 1. The van der Waals surface area contributed by atoms with Crippen LogP contribution in [0.5, 0.6) is 0 Å². The average Bonchev–Trinajstić information content (AvgIpc) is 3.24. The summed E-state index contributed by atoms with van der Waals surface area (Å²) >= 11 is 0. The number of carbonyl (C=O) groups excluding carboxylic acids is 3. The summed E-state index contributed by atoms with van der Waals surface area (Å²) in [5.74, 6) is -0.621. The van der Waals surface area contributed by atoms with Crippen molar-refractivity contribution in [2.45, 2.75) is 78.0 Å². The molecule has 1 aliphatic rings. The number of likely N-dealkylation sites (tertiary alicyclic amines) is 1. The van der Waals surface area contributed by atoms with Gasteiger partial charge in [0.2, 0.25) is 5.91 Å². The highest BCUT2D eigenvalue weighted by molar-refractivity contribution is 5.87. The van der Waals surface area contributed by atoms with Crippen LogP contribution in [-0.4, -0.2) is 54.2 Å². The number of carbonyl (C=O) groups is 3. The van der Waals surface area contributed by atoms with Crippen molar-refractivity contribution in [1.82, 2.24) is 10.2 Å². The van der Waals surface area contributed by atoms with Gasteiger partial charge in [0, 0.05) is 6.54 Å². The van der Waals surface area contributed by atoms with Crippen LogP contribution in [0.2, 0.25) is 0 Å². The molecule has 1 aromatic carbocycles. The molecule has 0 aromatic heterocycles. The van der Waals surface area contributed by atoms with Gasteiger partial charge in [0.1, 0.15) is 11.6 Å². The lowest BCUT2D eigenvalue weighted by atomic mass is 9.95. The molecule has 0 aliphatic carbocycles. The molecule has 7 nitrogen and oxygen atoms in total. The number of ether oxygens (including phenoxy) is 2. The summed E-state index contributed by atoms with van der Waals surface area (Å²) in [6, 6.07) is 8.97. The number of rotatable bonds is 9. The van der Waals surface area contributed by atoms with E-state index in [9.17, 15) is 14.4 Å². The van der Waals surface area contributed by atoms with Gasteiger partial charge in [0.05, 0.1) is 19.1 Å². The Labute approximate surface area is 203 Å². The Balaban J connectivity index is 2.26. The number of benzene rings is 1. The lowest BCUT2D eigenvalue weighted by Crippen LogP contribution is -2.44. The Bertz CT molecular complexity index is 844. The summed E-state index contributed by atoms with van der Waals surface area (Å²) in [6.45, 7) is 10.2. The van der Waals surface area contributed by atoms with Gasteiger partial charge in [-0.3, -0.25) is 4.79 Å². The molecule has 0 saturated carbocycles. The number of hydrogen-bond acceptors (Lipinski definition) is 5. The van der Waals surface area contributed by atoms with Gasteiger partial charge in [0.15, 0.2) is 0 Å². The van der Waals surface area contributed by atoms with E-state index >= 15 is 0 Å². The van der Waals surface area contributed by atoms with Crippen LogP contribution in [0.15, 0.2) is 42.5 Å². The fraction of sp³-hybridized carbons (Fsp3) is 0.593. The number of esters is 1. The van der Waals surface area contributed by atoms with Crippen molar-refractivity contribution in [1.29, 1.82) is 0 Å². The Kier molecular flexibility index (Phi) is 10.1. The van der Waals surface area contributed by atoms with Crippen molar-refractivity contribution in [2.24, 2.45) is 11.8 Å². The van der Waals surface area contributed by atoms with Crippen LogP contribution in [0.25, 0.3) is 0 Å². The Hall–Kier alpha value is -2.83. The van der Waals surface area contributed by atoms with Gasteiger partial charge >= 0.3 is 12.1 Å². The molecule has 2 amide bonds. The lowest BCUT2D eigenvalue weighted by molar-refractivity contribution is -0.151. The maximum Gasteiger partial charge on any atom is 0.408 e. The van der Waals surface area contributed by atoms with Crippen LogP contribution >= 0.6 is 0 Å². The minimum absolute atomic E-state index is 0.103. The van der Waals surface area contributed by atoms with Gasteiger partial charge < -0.3 is 19.7 Å². The Morgan fingerprint density at radius 1 is 1.15 bits per heavy atom. The maximum absolute atomic E-state index is 13.6. The highest BCUT2D eigenvalue weighted by atomic mass is 16.6. The number of nitrogens with one attached hydrogen (secondary N) is 1. The average molecular weight is 473 g/mol. The molecule has 0 bridgehead atoms. The van der Waals surface area contributed by atoms with Gasteiger partial charge in [-0.05, 0) is 57.9 Å². The zero-order chi connectivity index (χ0) is 25.3. The standard InChI is InChI=1S/C27H40N2O5/c1-19(2)17-22(28-26(32)34-27(3,4)5)15-14-21(18-20-11-8-7-9-12-20)24(30)29-16-10-13-23(29)25(31)33-6/h7-9,11-12,14-15,19,21-23H,10,13,16-18H2,1-6H3,(H,28,32)/b15-14+/t21-,22-,23-/m1/s1. The van der Waals surface area contributed by atoms with Crippen LogP contribution < -0.4 is 5.32 Å². The smallest absolute Gasteiger partial charge is 0.408 e. The third-order valence-corrected chi connectivity index (χ3v) is 5.63. The fourth-order valence-corrected chi connectivity index (χ4v) is 4.15. The molecule has 2 rings (SSSR count). The first-order chi connectivity index (χ1) is 16.0. The monoisotopic (exact) mass is 472 g/mol. The topological polar surface area (TPSA) is 84.9 Å². The molecule has 1 fully saturated rings. The largest absolute Gasteiger partial charge is 0.467 e. The van der Waals surface area contributed by atoms with Gasteiger partial charge in [-0.25, -0.2) is 9.59 Å². The third-order valence-electron chi connectivity index (χ3n) is 5.63. The minimum Gasteiger partial charge on any atom is -0.467 e. The predicted molar refractivity (Wildman–Crippen MR) is 132 cm³/mol. The molecule has 1 saturated heterocycles. The van der Waals surface area contributed by atoms with Crippen LogP contribution in [-0.2, 0) is 25.5 Å². The molecular weight excluding hydrogens is 432 g/mol. The van der Waals surface area contributed by atoms with Gasteiger partial charge in [-0.2, -0.15) is 0 Å². The quantitative estimate of drug-likeness (QED) is 0.422. The molecule has 1 heterocycles. The second-order valence-electron chi connectivity index (χ2n) is 10.3. The minimum atomic E-state index is -0.597. The Morgan fingerprint density at radius 2 is 1.82 bits per heavy atom. The summed E-state index contributed by atoms with van der Waals surface area (Å²) in [7, 11) is 1.35. The summed E-state index contributed by atoms with van der Waals surface area (Å²) < 4.78 is 10.3. The maximum atomic E-state index is 13.6. The van der Waals surface area contributed by atoms with Crippen molar-refractivity contribution in [3.8, 4) is 0 Å². The molecule has 7 heteroatoms. The van der Waals surface area contributed by atoms with Crippen molar-refractivity contribution in [2.75, 3.05) is 13.7 Å². The summed E-state index contributed by atoms with van der Waals surface area (Å²) in [6.07, 6.45) is 5.85. The highest BCUT2D eigenvalue weighted by Gasteiger charge is 2.37. The normalized spacial score (nSPS) is 18.1. The second-order valence-corrected chi connectivity index (χ2v) is 10.3. The van der Waals surface area contributed by atoms with Gasteiger partial charge in [-0.1, -0.05) is 56.3 Å². The fourth-order valence-electron chi connectivity index (χ4n) is 4.15. The summed E-state index contributed by atoms with van der Waals surface area (Å²) in [4.78, 5) is 39.8. The molecule has 1 aliphatic heterocycles. The van der Waals surface area contributed by atoms with Gasteiger partial charge in [-0.15, -0.1) is 0 Å². The highest BCUT2D eigenvalue weighted by Crippen LogP contribution is 2.24. The zero-order valence-corrected chi connectivity index (χ0v) is 21.4. The number of methoxy groups -OCH3 is 1. The van der Waals surface area contributed by atoms with Crippen molar-refractivity contribution >= 4 is 18.0 Å². The van der Waals surface area contributed by atoms with E-state index in [2.05, 4.69) is 19.2 Å². The number of nitrogens with zero attached hydrogens (tertiary/aromatic N) is 1. The van der Waals surface area contributed by atoms with E-state index in [1.807, 2.05) is 63.3 Å². The van der Waals surface area contributed by atoms with E-state index < -0.39 is 23.7 Å². The molecule has 3 atom stereocenters. The molecule has 0 unspecified atom stereocenters. The molecule has 1 aromatic rings. The first-order valence-electron chi connectivity index (χ1n) is 12.1. The predicted octanol–water partition coefficient (Wildman–Crippen LogP) is 4.50. The molecule has 188 valence electrons. The van der Waals surface area contributed by atoms with E-state index in [-0.39, 0.29) is 17.9 Å². The summed E-state index contributed by atoms with van der Waals surface area (Å²) in [5.41, 5.74) is 0.431. The molecular formula is C27H40N2O5. The second kappa shape index (κ2) is 12.6.